The Bertz CT molecular complexity index is 608. The van der Waals surface area contributed by atoms with Gasteiger partial charge in [-0.2, -0.15) is 4.31 Å². The number of hydrogen-bond acceptors (Lipinski definition) is 6. The van der Waals surface area contributed by atoms with E-state index >= 15 is 0 Å². The number of rotatable bonds is 7. The van der Waals surface area contributed by atoms with Crippen molar-refractivity contribution in [3.8, 4) is 0 Å². The molecule has 1 saturated heterocycles. The second-order valence-corrected chi connectivity index (χ2v) is 8.15. The molecule has 0 saturated carbocycles. The van der Waals surface area contributed by atoms with E-state index in [0.29, 0.717) is 6.54 Å². The Morgan fingerprint density at radius 3 is 2.61 bits per heavy atom. The Balaban J connectivity index is 2.02. The third kappa shape index (κ3) is 4.28. The molecule has 0 aromatic heterocycles. The number of aliphatic hydroxyl groups excluding tert-OH is 1. The maximum Gasteiger partial charge on any atom is 0.243 e. The molecule has 0 unspecified atom stereocenters. The molecule has 0 radical (unpaired) electrons. The van der Waals surface area contributed by atoms with E-state index in [4.69, 9.17) is 0 Å². The lowest BCUT2D eigenvalue weighted by Crippen LogP contribution is -2.51. The lowest BCUT2D eigenvalue weighted by Gasteiger charge is -2.26. The Hall–Kier alpha value is -1.03. The van der Waals surface area contributed by atoms with Gasteiger partial charge in [-0.05, 0) is 26.2 Å². The van der Waals surface area contributed by atoms with Gasteiger partial charge >= 0.3 is 0 Å². The summed E-state index contributed by atoms with van der Waals surface area (Å²) in [5, 5.41) is 23.8. The number of hydrogen-bond donors (Lipinski definition) is 3. The van der Waals surface area contributed by atoms with Gasteiger partial charge in [0.05, 0.1) is 11.0 Å². The van der Waals surface area contributed by atoms with Crippen molar-refractivity contribution in [3.63, 3.8) is 0 Å². The molecule has 1 aromatic rings. The molecule has 1 aromatic carbocycles. The van der Waals surface area contributed by atoms with Crippen LogP contribution in [0.3, 0.4) is 0 Å². The lowest BCUT2D eigenvalue weighted by atomic mass is 10.0. The second-order valence-electron chi connectivity index (χ2n) is 6.21. The first-order valence-electron chi connectivity index (χ1n) is 7.57. The van der Waals surface area contributed by atoms with Crippen LogP contribution in [0.25, 0.3) is 0 Å². The van der Waals surface area contributed by atoms with Crippen LogP contribution in [-0.2, 0) is 10.0 Å². The first-order chi connectivity index (χ1) is 10.8. The molecular formula is C15H25N3O4S. The van der Waals surface area contributed by atoms with Crippen molar-refractivity contribution < 1.29 is 18.6 Å². The molecule has 3 N–H and O–H groups in total. The molecule has 1 fully saturated rings. The van der Waals surface area contributed by atoms with Gasteiger partial charge in [0, 0.05) is 32.7 Å². The van der Waals surface area contributed by atoms with Gasteiger partial charge < -0.3 is 20.4 Å². The summed E-state index contributed by atoms with van der Waals surface area (Å²) in [6.07, 6.45) is -1.12. The molecular weight excluding hydrogens is 318 g/mol. The molecule has 2 rings (SSSR count). The Morgan fingerprint density at radius 1 is 1.35 bits per heavy atom. The first kappa shape index (κ1) is 18.3. The van der Waals surface area contributed by atoms with E-state index in [0.717, 1.165) is 10.8 Å². The van der Waals surface area contributed by atoms with Crippen LogP contribution in [-0.4, -0.2) is 86.4 Å². The third-order valence-corrected chi connectivity index (χ3v) is 5.82. The zero-order chi connectivity index (χ0) is 17.1. The minimum atomic E-state index is -3.71. The molecule has 23 heavy (non-hydrogen) atoms. The topological polar surface area (TPSA) is 93.1 Å². The molecule has 8 heteroatoms. The van der Waals surface area contributed by atoms with Gasteiger partial charge in [0.2, 0.25) is 10.0 Å². The molecule has 1 aliphatic rings. The maximum absolute atomic E-state index is 12.6. The molecule has 1 heterocycles. The molecule has 0 amide bonds. The predicted octanol–water partition coefficient (Wildman–Crippen LogP) is -1.07. The highest BCUT2D eigenvalue weighted by atomic mass is 32.2. The first-order valence-corrected chi connectivity index (χ1v) is 9.01. The second kappa shape index (κ2) is 7.25. The smallest absolute Gasteiger partial charge is 0.243 e. The van der Waals surface area contributed by atoms with Crippen molar-refractivity contribution in [1.29, 1.82) is 0 Å². The fourth-order valence-corrected chi connectivity index (χ4v) is 4.07. The van der Waals surface area contributed by atoms with Crippen molar-refractivity contribution in [3.05, 3.63) is 30.3 Å². The third-order valence-electron chi connectivity index (χ3n) is 3.99. The summed E-state index contributed by atoms with van der Waals surface area (Å²) in [6, 6.07) is 8.05. The summed E-state index contributed by atoms with van der Waals surface area (Å²) < 4.78 is 26.3. The van der Waals surface area contributed by atoms with Crippen LogP contribution in [0.1, 0.15) is 0 Å². The number of likely N-dealkylation sites (N-methyl/N-ethyl adjacent to an activating group) is 1. The zero-order valence-corrected chi connectivity index (χ0v) is 14.3. The van der Waals surface area contributed by atoms with E-state index in [1.54, 1.807) is 18.2 Å². The van der Waals surface area contributed by atoms with Crippen LogP contribution in [0.2, 0.25) is 0 Å². The minimum Gasteiger partial charge on any atom is -0.389 e. The van der Waals surface area contributed by atoms with Crippen molar-refractivity contribution in [1.82, 2.24) is 14.5 Å². The number of aliphatic hydroxyl groups is 2. The Labute approximate surface area is 137 Å². The van der Waals surface area contributed by atoms with Crippen LogP contribution in [0.5, 0.6) is 0 Å². The van der Waals surface area contributed by atoms with Gasteiger partial charge in [0.15, 0.2) is 0 Å². The van der Waals surface area contributed by atoms with E-state index < -0.39 is 21.7 Å². The fourth-order valence-electron chi connectivity index (χ4n) is 2.54. The molecule has 0 aliphatic carbocycles. The largest absolute Gasteiger partial charge is 0.389 e. The maximum atomic E-state index is 12.6. The number of benzene rings is 1. The SMILES string of the molecule is CN(C)CCNC[C@]1(O)CN(S(=O)(=O)c2ccccc2)C[C@H]1O. The molecule has 130 valence electrons. The quantitative estimate of drug-likeness (QED) is 0.546. The number of nitrogens with zero attached hydrogens (tertiary/aromatic N) is 2. The molecule has 1 aliphatic heterocycles. The van der Waals surface area contributed by atoms with E-state index in [-0.39, 0.29) is 24.5 Å². The summed E-state index contributed by atoms with van der Waals surface area (Å²) in [6.45, 7) is 1.35. The van der Waals surface area contributed by atoms with Crippen molar-refractivity contribution >= 4 is 10.0 Å². The van der Waals surface area contributed by atoms with Crippen LogP contribution >= 0.6 is 0 Å². The normalized spacial score (nSPS) is 26.0. The van der Waals surface area contributed by atoms with Crippen molar-refractivity contribution in [2.24, 2.45) is 0 Å². The summed E-state index contributed by atoms with van der Waals surface area (Å²) >= 11 is 0. The Kier molecular flexibility index (Phi) is 5.77. The lowest BCUT2D eigenvalue weighted by molar-refractivity contribution is -0.0382. The highest BCUT2D eigenvalue weighted by molar-refractivity contribution is 7.89. The van der Waals surface area contributed by atoms with Crippen LogP contribution in [0, 0.1) is 0 Å². The van der Waals surface area contributed by atoms with E-state index in [9.17, 15) is 18.6 Å². The zero-order valence-electron chi connectivity index (χ0n) is 13.5. The number of sulfonamides is 1. The predicted molar refractivity (Wildman–Crippen MR) is 87.6 cm³/mol. The molecule has 0 spiro atoms. The van der Waals surface area contributed by atoms with Gasteiger partial charge in [0.1, 0.15) is 5.60 Å². The fraction of sp³-hybridized carbons (Fsp3) is 0.600. The van der Waals surface area contributed by atoms with Crippen molar-refractivity contribution in [2.45, 2.75) is 16.6 Å². The summed E-state index contributed by atoms with van der Waals surface area (Å²) in [5.41, 5.74) is -1.48. The standard InChI is InChI=1S/C15H25N3O4S/c1-17(2)9-8-16-11-15(20)12-18(10-14(15)19)23(21,22)13-6-4-3-5-7-13/h3-7,14,16,19-20H,8-12H2,1-2H3/t14-,15+/m1/s1. The highest BCUT2D eigenvalue weighted by Crippen LogP contribution is 2.27. The Morgan fingerprint density at radius 2 is 2.00 bits per heavy atom. The summed E-state index contributed by atoms with van der Waals surface area (Å²) in [4.78, 5) is 2.16. The van der Waals surface area contributed by atoms with Gasteiger partial charge in [-0.3, -0.25) is 0 Å². The molecule has 7 nitrogen and oxygen atoms in total. The van der Waals surface area contributed by atoms with Crippen LogP contribution in [0.4, 0.5) is 0 Å². The van der Waals surface area contributed by atoms with Crippen LogP contribution < -0.4 is 5.32 Å². The van der Waals surface area contributed by atoms with Gasteiger partial charge in [-0.25, -0.2) is 8.42 Å². The van der Waals surface area contributed by atoms with Gasteiger partial charge in [-0.15, -0.1) is 0 Å². The summed E-state index contributed by atoms with van der Waals surface area (Å²) in [7, 11) is 0.170. The summed E-state index contributed by atoms with van der Waals surface area (Å²) in [5.74, 6) is 0. The highest BCUT2D eigenvalue weighted by Gasteiger charge is 2.48. The average Bonchev–Trinajstić information content (AvgIpc) is 2.81. The molecule has 2 atom stereocenters. The van der Waals surface area contributed by atoms with E-state index in [1.165, 1.54) is 12.1 Å². The van der Waals surface area contributed by atoms with E-state index in [1.807, 2.05) is 19.0 Å². The van der Waals surface area contributed by atoms with Gasteiger partial charge in [0.25, 0.3) is 0 Å². The van der Waals surface area contributed by atoms with Gasteiger partial charge in [-0.1, -0.05) is 18.2 Å². The van der Waals surface area contributed by atoms with E-state index in [2.05, 4.69) is 5.32 Å². The monoisotopic (exact) mass is 343 g/mol. The van der Waals surface area contributed by atoms with Crippen LogP contribution in [0.15, 0.2) is 35.2 Å². The minimum absolute atomic E-state index is 0.108. The molecule has 0 bridgehead atoms. The average molecular weight is 343 g/mol. The number of nitrogens with one attached hydrogen (secondary N) is 1. The van der Waals surface area contributed by atoms with Crippen molar-refractivity contribution in [2.75, 3.05) is 46.8 Å². The number of β-amino-alcohol motifs (C(OH)–C–C–N with tert-alkyl or cyclic N) is 2.